The maximum atomic E-state index is 8.68. The smallest absolute Gasteiger partial charge is 0.0743 e. The van der Waals surface area contributed by atoms with Crippen LogP contribution in [-0.4, -0.2) is 4.98 Å². The van der Waals surface area contributed by atoms with Crippen LogP contribution in [0.4, 0.5) is 17.1 Å². The Labute approximate surface area is 122 Å². The minimum absolute atomic E-state index is 0.428. The lowest BCUT2D eigenvalue weighted by Crippen LogP contribution is -1.94. The van der Waals surface area contributed by atoms with Gasteiger partial charge in [0.25, 0.3) is 0 Å². The summed E-state index contributed by atoms with van der Waals surface area (Å²) in [5.41, 5.74) is 10.3. The number of nitrogen functional groups attached to an aromatic ring is 1. The van der Waals surface area contributed by atoms with Crippen molar-refractivity contribution in [3.8, 4) is 6.07 Å². The van der Waals surface area contributed by atoms with Crippen LogP contribution >= 0.6 is 0 Å². The Kier molecular flexibility index (Phi) is 3.40. The van der Waals surface area contributed by atoms with Crippen molar-refractivity contribution in [2.45, 2.75) is 6.42 Å². The van der Waals surface area contributed by atoms with Crippen molar-refractivity contribution in [1.29, 1.82) is 5.26 Å². The Morgan fingerprint density at radius 1 is 1.10 bits per heavy atom. The van der Waals surface area contributed by atoms with Crippen molar-refractivity contribution in [2.75, 3.05) is 11.1 Å². The molecule has 3 aromatic rings. The minimum Gasteiger partial charge on any atom is -0.399 e. The van der Waals surface area contributed by atoms with Crippen LogP contribution in [0.5, 0.6) is 0 Å². The molecule has 3 N–H and O–H groups in total. The lowest BCUT2D eigenvalue weighted by atomic mass is 10.1. The minimum atomic E-state index is 0.428. The molecule has 0 saturated carbocycles. The lowest BCUT2D eigenvalue weighted by molar-refractivity contribution is 1.26. The van der Waals surface area contributed by atoms with E-state index in [1.165, 1.54) is 0 Å². The molecule has 0 unspecified atom stereocenters. The first-order chi connectivity index (χ1) is 10.3. The van der Waals surface area contributed by atoms with Crippen LogP contribution in [0.25, 0.3) is 10.9 Å². The van der Waals surface area contributed by atoms with Gasteiger partial charge >= 0.3 is 0 Å². The zero-order chi connectivity index (χ0) is 14.7. The van der Waals surface area contributed by atoms with E-state index in [1.54, 1.807) is 6.20 Å². The quantitative estimate of drug-likeness (QED) is 0.715. The highest BCUT2D eigenvalue weighted by molar-refractivity contribution is 5.94. The largest absolute Gasteiger partial charge is 0.399 e. The molecule has 0 amide bonds. The zero-order valence-corrected chi connectivity index (χ0v) is 11.4. The molecule has 102 valence electrons. The number of benzene rings is 2. The number of nitrogens with two attached hydrogens (primary N) is 1. The highest BCUT2D eigenvalue weighted by atomic mass is 14.9. The number of anilines is 3. The second-order valence-electron chi connectivity index (χ2n) is 4.79. The Balaban J connectivity index is 1.93. The van der Waals surface area contributed by atoms with Gasteiger partial charge in [0, 0.05) is 28.6 Å². The van der Waals surface area contributed by atoms with Gasteiger partial charge < -0.3 is 11.1 Å². The van der Waals surface area contributed by atoms with Crippen molar-refractivity contribution in [2.24, 2.45) is 0 Å². The first-order valence-electron chi connectivity index (χ1n) is 6.63. The summed E-state index contributed by atoms with van der Waals surface area (Å²) >= 11 is 0. The number of rotatable bonds is 3. The lowest BCUT2D eigenvalue weighted by Gasteiger charge is -2.10. The van der Waals surface area contributed by atoms with Gasteiger partial charge in [0.1, 0.15) is 0 Å². The van der Waals surface area contributed by atoms with Crippen LogP contribution in [0.1, 0.15) is 5.56 Å². The van der Waals surface area contributed by atoms with Gasteiger partial charge in [-0.3, -0.25) is 4.98 Å². The molecule has 4 heteroatoms. The number of nitrogens with one attached hydrogen (secondary N) is 1. The van der Waals surface area contributed by atoms with Gasteiger partial charge in [-0.1, -0.05) is 12.1 Å². The average Bonchev–Trinajstić information content (AvgIpc) is 2.49. The van der Waals surface area contributed by atoms with E-state index in [0.717, 1.165) is 27.8 Å². The Morgan fingerprint density at radius 3 is 2.67 bits per heavy atom. The van der Waals surface area contributed by atoms with Crippen LogP contribution in [0.2, 0.25) is 0 Å². The Morgan fingerprint density at radius 2 is 1.90 bits per heavy atom. The van der Waals surface area contributed by atoms with E-state index in [-0.39, 0.29) is 0 Å². The molecule has 21 heavy (non-hydrogen) atoms. The van der Waals surface area contributed by atoms with Gasteiger partial charge in [-0.2, -0.15) is 5.26 Å². The molecule has 0 spiro atoms. The van der Waals surface area contributed by atoms with E-state index in [4.69, 9.17) is 11.0 Å². The zero-order valence-electron chi connectivity index (χ0n) is 11.4. The summed E-state index contributed by atoms with van der Waals surface area (Å²) in [6, 6.07) is 17.6. The molecule has 3 rings (SSSR count). The third-order valence-electron chi connectivity index (χ3n) is 3.28. The number of nitrogens with zero attached hydrogens (tertiary/aromatic N) is 2. The summed E-state index contributed by atoms with van der Waals surface area (Å²) < 4.78 is 0. The molecule has 0 radical (unpaired) electrons. The molecule has 0 aliphatic heterocycles. The molecule has 0 aliphatic carbocycles. The van der Waals surface area contributed by atoms with E-state index < -0.39 is 0 Å². The molecule has 1 aromatic heterocycles. The topological polar surface area (TPSA) is 74.7 Å². The third kappa shape index (κ3) is 2.77. The van der Waals surface area contributed by atoms with Crippen LogP contribution in [0, 0.1) is 11.3 Å². The van der Waals surface area contributed by atoms with Crippen LogP contribution in [0.15, 0.2) is 54.7 Å². The number of aromatic nitrogens is 1. The van der Waals surface area contributed by atoms with Crippen molar-refractivity contribution >= 4 is 28.0 Å². The maximum Gasteiger partial charge on any atom is 0.0743 e. The fraction of sp³-hybridized carbons (Fsp3) is 0.0588. The van der Waals surface area contributed by atoms with E-state index in [0.29, 0.717) is 12.1 Å². The van der Waals surface area contributed by atoms with Gasteiger partial charge in [-0.15, -0.1) is 0 Å². The molecule has 0 aliphatic rings. The summed E-state index contributed by atoms with van der Waals surface area (Å²) in [5.74, 6) is 0. The standard InChI is InChI=1S/C17H14N4/c18-9-7-12-1-4-14(5-2-12)21-16-8-10-20-17-11-13(19)3-6-15(16)17/h1-6,8,10-11H,7,19H2,(H,20,21). The van der Waals surface area contributed by atoms with Gasteiger partial charge in [0.15, 0.2) is 0 Å². The van der Waals surface area contributed by atoms with E-state index in [1.807, 2.05) is 48.5 Å². The molecular formula is C17H14N4. The summed E-state index contributed by atoms with van der Waals surface area (Å²) in [7, 11) is 0. The summed E-state index contributed by atoms with van der Waals surface area (Å²) in [4.78, 5) is 4.33. The summed E-state index contributed by atoms with van der Waals surface area (Å²) in [6.07, 6.45) is 2.19. The predicted octanol–water partition coefficient (Wildman–Crippen LogP) is 3.63. The van der Waals surface area contributed by atoms with E-state index >= 15 is 0 Å². The SMILES string of the molecule is N#CCc1ccc(Nc2ccnc3cc(N)ccc23)cc1. The van der Waals surface area contributed by atoms with Gasteiger partial charge in [-0.25, -0.2) is 0 Å². The van der Waals surface area contributed by atoms with Gasteiger partial charge in [-0.05, 0) is 42.0 Å². The van der Waals surface area contributed by atoms with Crippen molar-refractivity contribution in [1.82, 2.24) is 4.98 Å². The molecule has 0 bridgehead atoms. The normalized spacial score (nSPS) is 10.2. The van der Waals surface area contributed by atoms with Gasteiger partial charge in [0.05, 0.1) is 18.0 Å². The highest BCUT2D eigenvalue weighted by Gasteiger charge is 2.03. The van der Waals surface area contributed by atoms with Crippen LogP contribution in [0.3, 0.4) is 0 Å². The molecular weight excluding hydrogens is 260 g/mol. The highest BCUT2D eigenvalue weighted by Crippen LogP contribution is 2.26. The third-order valence-corrected chi connectivity index (χ3v) is 3.28. The van der Waals surface area contributed by atoms with Crippen molar-refractivity contribution in [3.63, 3.8) is 0 Å². The molecule has 0 fully saturated rings. The van der Waals surface area contributed by atoms with E-state index in [2.05, 4.69) is 16.4 Å². The second kappa shape index (κ2) is 5.51. The monoisotopic (exact) mass is 274 g/mol. The van der Waals surface area contributed by atoms with Gasteiger partial charge in [0.2, 0.25) is 0 Å². The summed E-state index contributed by atoms with van der Waals surface area (Å²) in [5, 5.41) is 13.1. The fourth-order valence-electron chi connectivity index (χ4n) is 2.23. The van der Waals surface area contributed by atoms with Crippen LogP contribution in [-0.2, 0) is 6.42 Å². The summed E-state index contributed by atoms with van der Waals surface area (Å²) in [6.45, 7) is 0. The molecule has 0 saturated heterocycles. The number of hydrogen-bond donors (Lipinski definition) is 2. The molecule has 1 heterocycles. The fourth-order valence-corrected chi connectivity index (χ4v) is 2.23. The first kappa shape index (κ1) is 12.9. The predicted molar refractivity (Wildman–Crippen MR) is 85.2 cm³/mol. The number of pyridine rings is 1. The molecule has 0 atom stereocenters. The Bertz CT molecular complexity index is 816. The van der Waals surface area contributed by atoms with Crippen LogP contribution < -0.4 is 11.1 Å². The molecule has 2 aromatic carbocycles. The number of fused-ring (bicyclic) bond motifs is 1. The number of hydrogen-bond acceptors (Lipinski definition) is 4. The van der Waals surface area contributed by atoms with Crippen molar-refractivity contribution < 1.29 is 0 Å². The molecule has 4 nitrogen and oxygen atoms in total. The second-order valence-corrected chi connectivity index (χ2v) is 4.79. The maximum absolute atomic E-state index is 8.68. The first-order valence-corrected chi connectivity index (χ1v) is 6.63. The average molecular weight is 274 g/mol. The van der Waals surface area contributed by atoms with E-state index in [9.17, 15) is 0 Å². The van der Waals surface area contributed by atoms with Crippen molar-refractivity contribution in [3.05, 3.63) is 60.3 Å². The Hall–Kier alpha value is -3.06. The number of nitriles is 1.